The van der Waals surface area contributed by atoms with Crippen molar-refractivity contribution in [3.63, 3.8) is 0 Å². The van der Waals surface area contributed by atoms with Gasteiger partial charge in [-0.15, -0.1) is 0 Å². The number of hydrogen-bond donors (Lipinski definition) is 2. The lowest BCUT2D eigenvalue weighted by atomic mass is 10.00. The molecule has 0 aromatic heterocycles. The molecule has 2 aliphatic heterocycles. The maximum absolute atomic E-state index is 12.7. The number of Topliss-reactive ketones (excluding diaryl/α,β-unsaturated/α-hetero) is 1. The highest BCUT2D eigenvalue weighted by molar-refractivity contribution is 14.1. The molecule has 27 heavy (non-hydrogen) atoms. The van der Waals surface area contributed by atoms with Gasteiger partial charge in [-0.05, 0) is 26.2 Å². The van der Waals surface area contributed by atoms with E-state index in [-0.39, 0.29) is 27.6 Å². The van der Waals surface area contributed by atoms with E-state index < -0.39 is 12.1 Å². The molecule has 5 atom stereocenters. The van der Waals surface area contributed by atoms with Crippen LogP contribution in [0.15, 0.2) is 0 Å². The number of hydrazine groups is 1. The summed E-state index contributed by atoms with van der Waals surface area (Å²) in [6, 6.07) is -0.722. The Kier molecular flexibility index (Phi) is 8.59. The minimum atomic E-state index is -0.411. The van der Waals surface area contributed by atoms with Crippen LogP contribution in [0.4, 0.5) is 4.79 Å². The Morgan fingerprint density at radius 3 is 2.19 bits per heavy atom. The molecule has 2 N–H and O–H groups in total. The molecule has 7 nitrogen and oxygen atoms in total. The highest BCUT2D eigenvalue weighted by atomic mass is 127. The summed E-state index contributed by atoms with van der Waals surface area (Å²) in [5.41, 5.74) is 5.14. The molecule has 9 heteroatoms. The van der Waals surface area contributed by atoms with Gasteiger partial charge in [0.25, 0.3) is 5.91 Å². The Labute approximate surface area is 189 Å². The third kappa shape index (κ3) is 5.68. The van der Waals surface area contributed by atoms with Crippen LogP contribution in [0.1, 0.15) is 47.0 Å². The molecule has 0 saturated carbocycles. The summed E-state index contributed by atoms with van der Waals surface area (Å²) in [5.74, 6) is -0.230. The van der Waals surface area contributed by atoms with Gasteiger partial charge in [-0.1, -0.05) is 66.0 Å². The first-order valence-corrected chi connectivity index (χ1v) is 12.1. The molecule has 3 amide bonds. The average molecular weight is 604 g/mol. The van der Waals surface area contributed by atoms with E-state index in [0.717, 1.165) is 19.4 Å². The van der Waals surface area contributed by atoms with Crippen LogP contribution in [0.25, 0.3) is 0 Å². The summed E-state index contributed by atoms with van der Waals surface area (Å²) < 4.78 is 0.668. The van der Waals surface area contributed by atoms with Gasteiger partial charge in [0.2, 0.25) is 0 Å². The largest absolute Gasteiger partial charge is 0.336 e. The van der Waals surface area contributed by atoms with Crippen LogP contribution >= 0.6 is 45.2 Å². The summed E-state index contributed by atoms with van der Waals surface area (Å²) in [4.78, 5) is 41.5. The van der Waals surface area contributed by atoms with E-state index in [0.29, 0.717) is 22.9 Å². The Balaban J connectivity index is 1.95. The zero-order chi connectivity index (χ0) is 20.3. The molecule has 0 aromatic carbocycles. The van der Waals surface area contributed by atoms with Crippen LogP contribution in [0.3, 0.4) is 0 Å². The van der Waals surface area contributed by atoms with Crippen molar-refractivity contribution < 1.29 is 14.4 Å². The minimum Gasteiger partial charge on any atom is -0.312 e. The summed E-state index contributed by atoms with van der Waals surface area (Å²) in [5, 5.41) is 0. The van der Waals surface area contributed by atoms with E-state index >= 15 is 0 Å². The number of likely N-dealkylation sites (tertiary alicyclic amines) is 2. The first kappa shape index (κ1) is 23.1. The predicted molar refractivity (Wildman–Crippen MR) is 122 cm³/mol. The fourth-order valence-corrected chi connectivity index (χ4v) is 5.56. The second kappa shape index (κ2) is 10.0. The first-order chi connectivity index (χ1) is 12.6. The number of ketones is 1. The van der Waals surface area contributed by atoms with Gasteiger partial charge in [-0.25, -0.2) is 10.2 Å². The molecule has 2 aliphatic rings. The molecular formula is C18H30I2N4O3. The van der Waals surface area contributed by atoms with Crippen molar-refractivity contribution in [3.05, 3.63) is 0 Å². The van der Waals surface area contributed by atoms with Gasteiger partial charge < -0.3 is 4.90 Å². The number of nitrogens with one attached hydrogen (secondary N) is 2. The SMILES string of the molecule is CCC(C)N1CC(I)CC1C(=O)NNC(=O)N1CC(I)CC1C(=O)C(C)C. The lowest BCUT2D eigenvalue weighted by molar-refractivity contribution is -0.126. The fourth-order valence-electron chi connectivity index (χ4n) is 3.72. The maximum Gasteiger partial charge on any atom is 0.336 e. The molecule has 0 spiro atoms. The van der Waals surface area contributed by atoms with Crippen molar-refractivity contribution >= 4 is 62.9 Å². The third-order valence-electron chi connectivity index (χ3n) is 5.45. The van der Waals surface area contributed by atoms with E-state index in [9.17, 15) is 14.4 Å². The number of rotatable bonds is 5. The lowest BCUT2D eigenvalue weighted by Gasteiger charge is -2.29. The molecule has 2 fully saturated rings. The lowest BCUT2D eigenvalue weighted by Crippen LogP contribution is -2.56. The highest BCUT2D eigenvalue weighted by Gasteiger charge is 2.40. The summed E-state index contributed by atoms with van der Waals surface area (Å²) in [7, 11) is 0. The molecule has 5 unspecified atom stereocenters. The van der Waals surface area contributed by atoms with E-state index in [1.807, 2.05) is 13.8 Å². The standard InChI is InChI=1S/C18H30I2N4O3/c1-5-11(4)23-8-13(20)7-15(23)17(26)21-22-18(27)24-9-12(19)6-14(24)16(25)10(2)3/h10-15H,5-9H2,1-4H3,(H,21,26)(H,22,27). The molecule has 0 radical (unpaired) electrons. The molecule has 0 aromatic rings. The molecular weight excluding hydrogens is 574 g/mol. The zero-order valence-corrected chi connectivity index (χ0v) is 20.7. The number of halogens is 2. The van der Waals surface area contributed by atoms with Crippen molar-refractivity contribution in [2.75, 3.05) is 13.1 Å². The van der Waals surface area contributed by atoms with Crippen molar-refractivity contribution in [2.45, 2.75) is 72.9 Å². The third-order valence-corrected chi connectivity index (χ3v) is 7.25. The maximum atomic E-state index is 12.7. The van der Waals surface area contributed by atoms with Gasteiger partial charge >= 0.3 is 6.03 Å². The van der Waals surface area contributed by atoms with Crippen molar-refractivity contribution in [1.29, 1.82) is 0 Å². The van der Waals surface area contributed by atoms with Crippen LogP contribution in [0.5, 0.6) is 0 Å². The summed E-state index contributed by atoms with van der Waals surface area (Å²) in [6.07, 6.45) is 2.42. The van der Waals surface area contributed by atoms with Gasteiger partial charge in [-0.2, -0.15) is 0 Å². The van der Waals surface area contributed by atoms with Crippen LogP contribution in [0, 0.1) is 5.92 Å². The normalized spacial score (nSPS) is 29.8. The van der Waals surface area contributed by atoms with Crippen molar-refractivity contribution in [2.24, 2.45) is 5.92 Å². The van der Waals surface area contributed by atoms with E-state index in [1.54, 1.807) is 4.90 Å². The number of nitrogens with zero attached hydrogens (tertiary/aromatic N) is 2. The molecule has 0 bridgehead atoms. The number of urea groups is 1. The zero-order valence-electron chi connectivity index (χ0n) is 16.4. The monoisotopic (exact) mass is 604 g/mol. The average Bonchev–Trinajstić information content (AvgIpc) is 3.20. The van der Waals surface area contributed by atoms with Gasteiger partial charge in [0.1, 0.15) is 0 Å². The van der Waals surface area contributed by atoms with Gasteiger partial charge in [0, 0.05) is 32.9 Å². The quantitative estimate of drug-likeness (QED) is 0.288. The number of alkyl halides is 2. The molecule has 2 saturated heterocycles. The number of carbonyl (C=O) groups is 3. The van der Waals surface area contributed by atoms with Gasteiger partial charge in [0.05, 0.1) is 12.1 Å². The number of hydrogen-bond acceptors (Lipinski definition) is 4. The number of carbonyl (C=O) groups excluding carboxylic acids is 3. The second-order valence-corrected chi connectivity index (χ2v) is 11.3. The van der Waals surface area contributed by atoms with E-state index in [1.165, 1.54) is 0 Å². The number of amides is 3. The summed E-state index contributed by atoms with van der Waals surface area (Å²) in [6.45, 7) is 9.34. The minimum absolute atomic E-state index is 0.0714. The van der Waals surface area contributed by atoms with Crippen molar-refractivity contribution in [3.8, 4) is 0 Å². The molecule has 0 aliphatic carbocycles. The van der Waals surface area contributed by atoms with Crippen LogP contribution < -0.4 is 10.9 Å². The predicted octanol–water partition coefficient (Wildman–Crippen LogP) is 2.51. The second-order valence-electron chi connectivity index (χ2n) is 7.78. The van der Waals surface area contributed by atoms with E-state index in [2.05, 4.69) is 74.8 Å². The Bertz CT molecular complexity index is 575. The van der Waals surface area contributed by atoms with Crippen molar-refractivity contribution in [1.82, 2.24) is 20.7 Å². The molecule has 154 valence electrons. The first-order valence-electron chi connectivity index (χ1n) is 9.59. The smallest absolute Gasteiger partial charge is 0.312 e. The summed E-state index contributed by atoms with van der Waals surface area (Å²) >= 11 is 4.65. The Morgan fingerprint density at radius 1 is 1.00 bits per heavy atom. The Morgan fingerprint density at radius 2 is 1.59 bits per heavy atom. The molecule has 2 heterocycles. The van der Waals surface area contributed by atoms with Gasteiger partial charge in [0.15, 0.2) is 5.78 Å². The van der Waals surface area contributed by atoms with Crippen LogP contribution in [-0.2, 0) is 9.59 Å². The van der Waals surface area contributed by atoms with E-state index in [4.69, 9.17) is 0 Å². The fraction of sp³-hybridized carbons (Fsp3) is 0.833. The van der Waals surface area contributed by atoms with Crippen LogP contribution in [0.2, 0.25) is 0 Å². The van der Waals surface area contributed by atoms with Crippen LogP contribution in [-0.4, -0.2) is 66.6 Å². The Hall–Kier alpha value is -0.170. The topological polar surface area (TPSA) is 81.8 Å². The highest BCUT2D eigenvalue weighted by Crippen LogP contribution is 2.28. The van der Waals surface area contributed by atoms with Gasteiger partial charge in [-0.3, -0.25) is 19.9 Å². The molecule has 2 rings (SSSR count).